The van der Waals surface area contributed by atoms with E-state index in [-0.39, 0.29) is 12.6 Å². The summed E-state index contributed by atoms with van der Waals surface area (Å²) in [7, 11) is 1.86. The number of aromatic nitrogens is 2. The molecule has 0 aliphatic carbocycles. The molecule has 1 aromatic heterocycles. The number of nitrogens with one attached hydrogen (secondary N) is 2. The summed E-state index contributed by atoms with van der Waals surface area (Å²) in [4.78, 5) is 11.6. The van der Waals surface area contributed by atoms with Gasteiger partial charge in [0.1, 0.15) is 0 Å². The average Bonchev–Trinajstić information content (AvgIpc) is 2.92. The van der Waals surface area contributed by atoms with Crippen molar-refractivity contribution in [2.75, 3.05) is 13.1 Å². The minimum atomic E-state index is -0.591. The normalized spacial score (nSPS) is 11.9. The van der Waals surface area contributed by atoms with E-state index in [0.717, 1.165) is 17.5 Å². The molecule has 6 nitrogen and oxygen atoms in total. The van der Waals surface area contributed by atoms with Crippen molar-refractivity contribution >= 4 is 6.03 Å². The van der Waals surface area contributed by atoms with E-state index in [9.17, 15) is 9.90 Å². The van der Waals surface area contributed by atoms with Crippen molar-refractivity contribution in [1.29, 1.82) is 0 Å². The van der Waals surface area contributed by atoms with Gasteiger partial charge in [-0.1, -0.05) is 30.3 Å². The van der Waals surface area contributed by atoms with Gasteiger partial charge in [0.25, 0.3) is 0 Å². The van der Waals surface area contributed by atoms with E-state index in [4.69, 9.17) is 0 Å². The van der Waals surface area contributed by atoms with Gasteiger partial charge < -0.3 is 15.7 Å². The van der Waals surface area contributed by atoms with Crippen LogP contribution in [0.25, 0.3) is 0 Å². The van der Waals surface area contributed by atoms with E-state index < -0.39 is 6.10 Å². The molecule has 0 radical (unpaired) electrons. The van der Waals surface area contributed by atoms with Crippen LogP contribution in [-0.2, 0) is 19.9 Å². The van der Waals surface area contributed by atoms with Gasteiger partial charge in [-0.3, -0.25) is 4.68 Å². The van der Waals surface area contributed by atoms with Crippen LogP contribution < -0.4 is 10.6 Å². The second-order valence-electron chi connectivity index (χ2n) is 5.25. The third-order valence-corrected chi connectivity index (χ3v) is 3.27. The van der Waals surface area contributed by atoms with Gasteiger partial charge in [-0.05, 0) is 17.5 Å². The number of nitrogens with zero attached hydrogens (tertiary/aromatic N) is 2. The molecule has 118 valence electrons. The zero-order valence-corrected chi connectivity index (χ0v) is 12.7. The highest BCUT2D eigenvalue weighted by molar-refractivity contribution is 5.73. The maximum Gasteiger partial charge on any atom is 0.314 e. The molecule has 2 aromatic rings. The topological polar surface area (TPSA) is 79.2 Å². The third-order valence-electron chi connectivity index (χ3n) is 3.27. The van der Waals surface area contributed by atoms with Gasteiger partial charge in [0.2, 0.25) is 0 Å². The molecular formula is C16H22N4O2. The molecule has 0 bridgehead atoms. The zero-order chi connectivity index (χ0) is 15.8. The highest BCUT2D eigenvalue weighted by atomic mass is 16.3. The van der Waals surface area contributed by atoms with Crippen LogP contribution in [0.15, 0.2) is 42.7 Å². The molecular weight excluding hydrogens is 280 g/mol. The highest BCUT2D eigenvalue weighted by Crippen LogP contribution is 2.02. The summed E-state index contributed by atoms with van der Waals surface area (Å²) in [6, 6.07) is 9.44. The van der Waals surface area contributed by atoms with Crippen LogP contribution in [0.5, 0.6) is 0 Å². The predicted octanol–water partition coefficient (Wildman–Crippen LogP) is 0.865. The molecule has 2 amide bonds. The molecule has 1 aromatic carbocycles. The number of aliphatic hydroxyl groups excluding tert-OH is 1. The lowest BCUT2D eigenvalue weighted by Gasteiger charge is -2.12. The van der Waals surface area contributed by atoms with Crippen molar-refractivity contribution in [1.82, 2.24) is 20.4 Å². The van der Waals surface area contributed by atoms with E-state index in [0.29, 0.717) is 13.0 Å². The standard InChI is InChI=1S/C16H22N4O2/c1-20-12-14(10-19-20)7-8-17-16(22)18-11-15(21)9-13-5-3-2-4-6-13/h2-6,10,12,15,21H,7-9,11H2,1H3,(H2,17,18,22). The van der Waals surface area contributed by atoms with E-state index in [1.807, 2.05) is 43.6 Å². The maximum absolute atomic E-state index is 11.6. The Labute approximate surface area is 130 Å². The van der Waals surface area contributed by atoms with Crippen molar-refractivity contribution in [2.45, 2.75) is 18.9 Å². The number of benzene rings is 1. The number of aryl methyl sites for hydroxylation is 1. The Morgan fingerprint density at radius 3 is 2.73 bits per heavy atom. The van der Waals surface area contributed by atoms with Crippen LogP contribution in [0.2, 0.25) is 0 Å². The fraction of sp³-hybridized carbons (Fsp3) is 0.375. The quantitative estimate of drug-likeness (QED) is 0.710. The number of carbonyl (C=O) groups is 1. The molecule has 2 rings (SSSR count). The number of carbonyl (C=O) groups excluding carboxylic acids is 1. The van der Waals surface area contributed by atoms with Gasteiger partial charge in [-0.25, -0.2) is 4.79 Å². The van der Waals surface area contributed by atoms with Crippen LogP contribution in [0.4, 0.5) is 4.79 Å². The Morgan fingerprint density at radius 2 is 2.05 bits per heavy atom. The maximum atomic E-state index is 11.6. The van der Waals surface area contributed by atoms with Gasteiger partial charge in [-0.2, -0.15) is 5.10 Å². The number of urea groups is 1. The van der Waals surface area contributed by atoms with E-state index in [1.54, 1.807) is 10.9 Å². The van der Waals surface area contributed by atoms with Gasteiger partial charge in [0.15, 0.2) is 0 Å². The number of amides is 2. The summed E-state index contributed by atoms with van der Waals surface area (Å²) in [6.07, 6.45) is 4.36. The average molecular weight is 302 g/mol. The van der Waals surface area contributed by atoms with Crippen LogP contribution in [-0.4, -0.2) is 40.1 Å². The van der Waals surface area contributed by atoms with Crippen LogP contribution in [0, 0.1) is 0 Å². The molecule has 0 spiro atoms. The summed E-state index contributed by atoms with van der Waals surface area (Å²) in [5.74, 6) is 0. The Morgan fingerprint density at radius 1 is 1.27 bits per heavy atom. The molecule has 0 saturated carbocycles. The molecule has 1 heterocycles. The second-order valence-corrected chi connectivity index (χ2v) is 5.25. The first-order valence-corrected chi connectivity index (χ1v) is 7.34. The fourth-order valence-corrected chi connectivity index (χ4v) is 2.15. The van der Waals surface area contributed by atoms with Crippen molar-refractivity contribution in [2.24, 2.45) is 7.05 Å². The smallest absolute Gasteiger partial charge is 0.314 e. The van der Waals surface area contributed by atoms with Crippen molar-refractivity contribution < 1.29 is 9.90 Å². The first-order valence-electron chi connectivity index (χ1n) is 7.34. The molecule has 3 N–H and O–H groups in total. The Balaban J connectivity index is 1.60. The lowest BCUT2D eigenvalue weighted by Crippen LogP contribution is -2.41. The highest BCUT2D eigenvalue weighted by Gasteiger charge is 2.07. The first-order chi connectivity index (χ1) is 10.6. The first kappa shape index (κ1) is 16.0. The SMILES string of the molecule is Cn1cc(CCNC(=O)NCC(O)Cc2ccccc2)cn1. The summed E-state index contributed by atoms with van der Waals surface area (Å²) < 4.78 is 1.73. The fourth-order valence-electron chi connectivity index (χ4n) is 2.15. The van der Waals surface area contributed by atoms with Gasteiger partial charge in [0, 0.05) is 32.8 Å². The molecule has 1 atom stereocenters. The monoisotopic (exact) mass is 302 g/mol. The summed E-state index contributed by atoms with van der Waals surface area (Å²) in [6.45, 7) is 0.764. The number of hydrogen-bond acceptors (Lipinski definition) is 3. The number of hydrogen-bond donors (Lipinski definition) is 3. The summed E-state index contributed by atoms with van der Waals surface area (Å²) >= 11 is 0. The van der Waals surface area contributed by atoms with Gasteiger partial charge >= 0.3 is 6.03 Å². The van der Waals surface area contributed by atoms with E-state index in [2.05, 4.69) is 15.7 Å². The largest absolute Gasteiger partial charge is 0.391 e. The van der Waals surface area contributed by atoms with Crippen molar-refractivity contribution in [3.63, 3.8) is 0 Å². The Kier molecular flexibility index (Phi) is 5.97. The molecule has 1 unspecified atom stereocenters. The molecule has 0 fully saturated rings. The minimum Gasteiger partial charge on any atom is -0.391 e. The van der Waals surface area contributed by atoms with Crippen molar-refractivity contribution in [3.8, 4) is 0 Å². The van der Waals surface area contributed by atoms with Crippen LogP contribution in [0.3, 0.4) is 0 Å². The number of aliphatic hydroxyl groups is 1. The summed E-state index contributed by atoms with van der Waals surface area (Å²) in [5, 5.41) is 19.4. The number of rotatable bonds is 7. The molecule has 0 saturated heterocycles. The molecule has 22 heavy (non-hydrogen) atoms. The lowest BCUT2D eigenvalue weighted by molar-refractivity contribution is 0.170. The molecule has 0 aliphatic heterocycles. The predicted molar refractivity (Wildman–Crippen MR) is 84.5 cm³/mol. The van der Waals surface area contributed by atoms with Gasteiger partial charge in [-0.15, -0.1) is 0 Å². The molecule has 0 aliphatic rings. The summed E-state index contributed by atoms with van der Waals surface area (Å²) in [5.41, 5.74) is 2.13. The molecule has 6 heteroatoms. The van der Waals surface area contributed by atoms with Crippen LogP contribution >= 0.6 is 0 Å². The van der Waals surface area contributed by atoms with E-state index in [1.165, 1.54) is 0 Å². The van der Waals surface area contributed by atoms with Gasteiger partial charge in [0.05, 0.1) is 12.3 Å². The second kappa shape index (κ2) is 8.19. The van der Waals surface area contributed by atoms with Crippen LogP contribution in [0.1, 0.15) is 11.1 Å². The zero-order valence-electron chi connectivity index (χ0n) is 12.7. The van der Waals surface area contributed by atoms with E-state index >= 15 is 0 Å². The Bertz CT molecular complexity index is 583. The lowest BCUT2D eigenvalue weighted by atomic mass is 10.1. The Hall–Kier alpha value is -2.34. The third kappa shape index (κ3) is 5.57. The minimum absolute atomic E-state index is 0.230. The van der Waals surface area contributed by atoms with Crippen molar-refractivity contribution in [3.05, 3.63) is 53.9 Å².